The lowest BCUT2D eigenvalue weighted by molar-refractivity contribution is 0.104. The van der Waals surface area contributed by atoms with Crippen LogP contribution in [0.3, 0.4) is 0 Å². The minimum atomic E-state index is -3.51. The van der Waals surface area contributed by atoms with E-state index in [2.05, 4.69) is 0 Å². The Labute approximate surface area is 177 Å². The van der Waals surface area contributed by atoms with Crippen molar-refractivity contribution in [2.45, 2.75) is 30.6 Å². The van der Waals surface area contributed by atoms with Crippen LogP contribution in [0, 0.1) is 0 Å². The van der Waals surface area contributed by atoms with E-state index >= 15 is 0 Å². The Morgan fingerprint density at radius 1 is 0.867 bits per heavy atom. The highest BCUT2D eigenvalue weighted by molar-refractivity contribution is 7.89. The van der Waals surface area contributed by atoms with Gasteiger partial charge < -0.3 is 9.47 Å². The molecule has 1 fully saturated rings. The van der Waals surface area contributed by atoms with Gasteiger partial charge in [0.15, 0.2) is 17.3 Å². The topological polar surface area (TPSA) is 72.9 Å². The maximum atomic E-state index is 12.9. The zero-order valence-electron chi connectivity index (χ0n) is 16.7. The van der Waals surface area contributed by atoms with Gasteiger partial charge in [0.25, 0.3) is 0 Å². The van der Waals surface area contributed by atoms with Crippen LogP contribution in [-0.2, 0) is 10.0 Å². The van der Waals surface area contributed by atoms with Crippen molar-refractivity contribution in [1.82, 2.24) is 4.31 Å². The Morgan fingerprint density at radius 3 is 2.23 bits per heavy atom. The van der Waals surface area contributed by atoms with Crippen LogP contribution in [-0.4, -0.2) is 44.8 Å². The first kappa shape index (κ1) is 20.6. The summed E-state index contributed by atoms with van der Waals surface area (Å²) in [5.74, 6) is 1.17. The molecular formula is C23H25NO5S. The third-order valence-corrected chi connectivity index (χ3v) is 7.25. The van der Waals surface area contributed by atoms with Crippen molar-refractivity contribution in [3.05, 3.63) is 59.7 Å². The highest BCUT2D eigenvalue weighted by atomic mass is 32.2. The van der Waals surface area contributed by atoms with E-state index in [1.54, 1.807) is 22.5 Å². The Bertz CT molecular complexity index is 1040. The Kier molecular flexibility index (Phi) is 6.20. The van der Waals surface area contributed by atoms with Gasteiger partial charge in [0.05, 0.1) is 4.90 Å². The van der Waals surface area contributed by atoms with E-state index < -0.39 is 10.0 Å². The van der Waals surface area contributed by atoms with E-state index in [1.165, 1.54) is 18.2 Å². The summed E-state index contributed by atoms with van der Waals surface area (Å²) >= 11 is 0. The molecule has 2 aliphatic heterocycles. The molecule has 0 saturated carbocycles. The molecule has 6 nitrogen and oxygen atoms in total. The summed E-state index contributed by atoms with van der Waals surface area (Å²) < 4.78 is 38.3. The number of sulfonamides is 1. The molecule has 4 rings (SSSR count). The Morgan fingerprint density at radius 2 is 1.53 bits per heavy atom. The van der Waals surface area contributed by atoms with E-state index in [1.807, 2.05) is 18.2 Å². The molecule has 7 heteroatoms. The number of fused-ring (bicyclic) bond motifs is 1. The van der Waals surface area contributed by atoms with E-state index in [0.717, 1.165) is 31.2 Å². The lowest BCUT2D eigenvalue weighted by Gasteiger charge is -2.19. The average Bonchev–Trinajstić information content (AvgIpc) is 3.08. The molecule has 2 heterocycles. The highest BCUT2D eigenvalue weighted by Gasteiger charge is 2.25. The molecule has 0 N–H and O–H groups in total. The van der Waals surface area contributed by atoms with Gasteiger partial charge in [-0.15, -0.1) is 0 Å². The van der Waals surface area contributed by atoms with Crippen molar-refractivity contribution in [3.8, 4) is 11.5 Å². The van der Waals surface area contributed by atoms with Crippen molar-refractivity contribution in [3.63, 3.8) is 0 Å². The minimum absolute atomic E-state index is 0.191. The first-order valence-corrected chi connectivity index (χ1v) is 11.7. The van der Waals surface area contributed by atoms with Gasteiger partial charge in [-0.1, -0.05) is 25.0 Å². The number of allylic oxidation sites excluding steroid dienone is 1. The zero-order valence-corrected chi connectivity index (χ0v) is 17.6. The molecule has 0 atom stereocenters. The number of ether oxygens (including phenoxy) is 2. The monoisotopic (exact) mass is 427 g/mol. The zero-order chi connectivity index (χ0) is 21.0. The third kappa shape index (κ3) is 4.57. The van der Waals surface area contributed by atoms with Crippen LogP contribution in [0.4, 0.5) is 0 Å². The van der Waals surface area contributed by atoms with Gasteiger partial charge in [-0.05, 0) is 60.9 Å². The molecule has 0 spiro atoms. The summed E-state index contributed by atoms with van der Waals surface area (Å²) in [6, 6.07) is 11.7. The van der Waals surface area contributed by atoms with Crippen LogP contribution in [0.5, 0.6) is 11.5 Å². The maximum Gasteiger partial charge on any atom is 0.243 e. The lowest BCUT2D eigenvalue weighted by atomic mass is 10.1. The minimum Gasteiger partial charge on any atom is -0.486 e. The molecule has 0 aliphatic carbocycles. The molecule has 0 unspecified atom stereocenters. The van der Waals surface area contributed by atoms with E-state index in [4.69, 9.17) is 9.47 Å². The first-order chi connectivity index (χ1) is 14.5. The molecule has 30 heavy (non-hydrogen) atoms. The van der Waals surface area contributed by atoms with Crippen molar-refractivity contribution >= 4 is 21.9 Å². The standard InChI is InChI=1S/C23H25NO5S/c25-21(11-5-18-6-12-22-23(17-18)29-16-15-28-22)19-7-9-20(10-8-19)30(26,27)24-13-3-1-2-4-14-24/h5-12,17H,1-4,13-16H2/b11-5+. The van der Waals surface area contributed by atoms with Gasteiger partial charge in [0.1, 0.15) is 13.2 Å². The highest BCUT2D eigenvalue weighted by Crippen LogP contribution is 2.31. The third-order valence-electron chi connectivity index (χ3n) is 5.34. The molecule has 2 aliphatic rings. The molecule has 0 radical (unpaired) electrons. The fourth-order valence-corrected chi connectivity index (χ4v) is 5.17. The lowest BCUT2D eigenvalue weighted by Crippen LogP contribution is -2.31. The van der Waals surface area contributed by atoms with E-state index in [-0.39, 0.29) is 10.7 Å². The normalized spacial score (nSPS) is 17.6. The first-order valence-electron chi connectivity index (χ1n) is 10.3. The summed E-state index contributed by atoms with van der Waals surface area (Å²) in [5.41, 5.74) is 1.27. The van der Waals surface area contributed by atoms with Crippen LogP contribution < -0.4 is 9.47 Å². The number of hydrogen-bond acceptors (Lipinski definition) is 5. The van der Waals surface area contributed by atoms with E-state index in [0.29, 0.717) is 43.4 Å². The quantitative estimate of drug-likeness (QED) is 0.534. The predicted molar refractivity (Wildman–Crippen MR) is 114 cm³/mol. The number of nitrogens with zero attached hydrogens (tertiary/aromatic N) is 1. The van der Waals surface area contributed by atoms with Gasteiger partial charge in [-0.3, -0.25) is 4.79 Å². The van der Waals surface area contributed by atoms with Gasteiger partial charge >= 0.3 is 0 Å². The Balaban J connectivity index is 1.45. The van der Waals surface area contributed by atoms with Crippen LogP contribution in [0.25, 0.3) is 6.08 Å². The van der Waals surface area contributed by atoms with Gasteiger partial charge in [-0.25, -0.2) is 8.42 Å². The number of ketones is 1. The van der Waals surface area contributed by atoms with Crippen molar-refractivity contribution < 1.29 is 22.7 Å². The van der Waals surface area contributed by atoms with Crippen molar-refractivity contribution in [1.29, 1.82) is 0 Å². The second kappa shape index (κ2) is 9.02. The predicted octanol–water partition coefficient (Wildman–Crippen LogP) is 3.92. The second-order valence-corrected chi connectivity index (χ2v) is 9.38. The van der Waals surface area contributed by atoms with Crippen molar-refractivity contribution in [2.75, 3.05) is 26.3 Å². The summed E-state index contributed by atoms with van der Waals surface area (Å²) in [6.45, 7) is 2.15. The number of hydrogen-bond donors (Lipinski definition) is 0. The van der Waals surface area contributed by atoms with Gasteiger partial charge in [0.2, 0.25) is 10.0 Å². The second-order valence-electron chi connectivity index (χ2n) is 7.44. The molecule has 0 amide bonds. The number of carbonyl (C=O) groups excluding carboxylic acids is 1. The van der Waals surface area contributed by atoms with Crippen molar-refractivity contribution in [2.24, 2.45) is 0 Å². The molecular weight excluding hydrogens is 402 g/mol. The molecule has 0 aromatic heterocycles. The Hall–Kier alpha value is -2.64. The van der Waals surface area contributed by atoms with Gasteiger partial charge in [0, 0.05) is 18.7 Å². The smallest absolute Gasteiger partial charge is 0.243 e. The number of carbonyl (C=O) groups is 1. The van der Waals surface area contributed by atoms with Crippen LogP contribution >= 0.6 is 0 Å². The summed E-state index contributed by atoms with van der Waals surface area (Å²) in [7, 11) is -3.51. The van der Waals surface area contributed by atoms with E-state index in [9.17, 15) is 13.2 Å². The van der Waals surface area contributed by atoms with Crippen LogP contribution in [0.15, 0.2) is 53.4 Å². The fourth-order valence-electron chi connectivity index (χ4n) is 3.65. The molecule has 1 saturated heterocycles. The summed E-state index contributed by atoms with van der Waals surface area (Å²) in [6.07, 6.45) is 7.09. The van der Waals surface area contributed by atoms with Crippen LogP contribution in [0.1, 0.15) is 41.6 Å². The SMILES string of the molecule is O=C(/C=C/c1ccc2c(c1)OCCO2)c1ccc(S(=O)(=O)N2CCCCCC2)cc1. The summed E-state index contributed by atoms with van der Waals surface area (Å²) in [4.78, 5) is 12.7. The molecule has 158 valence electrons. The average molecular weight is 428 g/mol. The number of benzene rings is 2. The number of rotatable bonds is 5. The summed E-state index contributed by atoms with van der Waals surface area (Å²) in [5, 5.41) is 0. The maximum absolute atomic E-state index is 12.9. The van der Waals surface area contributed by atoms with Gasteiger partial charge in [-0.2, -0.15) is 4.31 Å². The molecule has 2 aromatic carbocycles. The largest absolute Gasteiger partial charge is 0.486 e. The van der Waals surface area contributed by atoms with Crippen LogP contribution in [0.2, 0.25) is 0 Å². The molecule has 2 aromatic rings. The molecule has 0 bridgehead atoms. The fraction of sp³-hybridized carbons (Fsp3) is 0.348.